The molecular formula is C12H13BrFNO. The summed E-state index contributed by atoms with van der Waals surface area (Å²) in [7, 11) is 0. The van der Waals surface area contributed by atoms with Crippen LogP contribution in [0, 0.1) is 11.7 Å². The number of hydrogen-bond donors (Lipinski definition) is 0. The van der Waals surface area contributed by atoms with Crippen LogP contribution in [-0.2, 0) is 0 Å². The molecule has 1 aromatic rings. The summed E-state index contributed by atoms with van der Waals surface area (Å²) in [6.07, 6.45) is 1.02. The molecule has 2 nitrogen and oxygen atoms in total. The van der Waals surface area contributed by atoms with Crippen molar-refractivity contribution in [1.29, 1.82) is 0 Å². The molecule has 1 aromatic carbocycles. The molecule has 0 bridgehead atoms. The second kappa shape index (κ2) is 4.95. The van der Waals surface area contributed by atoms with Gasteiger partial charge in [-0.05, 0) is 30.5 Å². The first kappa shape index (κ1) is 11.6. The molecule has 86 valence electrons. The van der Waals surface area contributed by atoms with Gasteiger partial charge in [0.05, 0.1) is 0 Å². The second-order valence-corrected chi connectivity index (χ2v) is 4.72. The van der Waals surface area contributed by atoms with Crippen molar-refractivity contribution < 1.29 is 9.18 Å². The Morgan fingerprint density at radius 2 is 2.38 bits per heavy atom. The minimum absolute atomic E-state index is 0.0667. The number of carbonyl (C=O) groups excluding carboxylic acids is 1. The van der Waals surface area contributed by atoms with Crippen LogP contribution in [-0.4, -0.2) is 29.2 Å². The summed E-state index contributed by atoms with van der Waals surface area (Å²) in [4.78, 5) is 13.8. The molecule has 0 aromatic heterocycles. The van der Waals surface area contributed by atoms with E-state index in [0.717, 1.165) is 24.8 Å². The van der Waals surface area contributed by atoms with Gasteiger partial charge in [-0.15, -0.1) is 0 Å². The fourth-order valence-electron chi connectivity index (χ4n) is 1.95. The summed E-state index contributed by atoms with van der Waals surface area (Å²) < 4.78 is 13.0. The van der Waals surface area contributed by atoms with Gasteiger partial charge >= 0.3 is 0 Å². The van der Waals surface area contributed by atoms with Crippen LogP contribution in [0.1, 0.15) is 16.8 Å². The van der Waals surface area contributed by atoms with Crippen molar-refractivity contribution in [2.45, 2.75) is 6.42 Å². The quantitative estimate of drug-likeness (QED) is 0.765. The Morgan fingerprint density at radius 1 is 1.56 bits per heavy atom. The maximum absolute atomic E-state index is 13.0. The van der Waals surface area contributed by atoms with Crippen molar-refractivity contribution in [3.63, 3.8) is 0 Å². The second-order valence-electron chi connectivity index (χ2n) is 4.07. The Bertz CT molecular complexity index is 396. The SMILES string of the molecule is O=C(c1cccc(F)c1)N1CCC(CBr)C1. The van der Waals surface area contributed by atoms with E-state index in [9.17, 15) is 9.18 Å². The van der Waals surface area contributed by atoms with Crippen molar-refractivity contribution >= 4 is 21.8 Å². The molecule has 0 radical (unpaired) electrons. The van der Waals surface area contributed by atoms with Crippen molar-refractivity contribution in [3.05, 3.63) is 35.6 Å². The number of halogens is 2. The van der Waals surface area contributed by atoms with E-state index in [1.54, 1.807) is 17.0 Å². The fourth-order valence-corrected chi connectivity index (χ4v) is 2.48. The number of nitrogens with zero attached hydrogens (tertiary/aromatic N) is 1. The van der Waals surface area contributed by atoms with Crippen LogP contribution >= 0.6 is 15.9 Å². The standard InChI is InChI=1S/C12H13BrFNO/c13-7-9-4-5-15(8-9)12(16)10-2-1-3-11(14)6-10/h1-3,6,9H,4-5,7-8H2. The van der Waals surface area contributed by atoms with E-state index in [4.69, 9.17) is 0 Å². The Hall–Kier alpha value is -0.900. The number of rotatable bonds is 2. The van der Waals surface area contributed by atoms with Crippen molar-refractivity contribution in [2.24, 2.45) is 5.92 Å². The third-order valence-corrected chi connectivity index (χ3v) is 3.78. The Balaban J connectivity index is 2.08. The number of amides is 1. The van der Waals surface area contributed by atoms with E-state index in [2.05, 4.69) is 15.9 Å². The molecule has 2 rings (SSSR count). The van der Waals surface area contributed by atoms with E-state index in [-0.39, 0.29) is 11.7 Å². The van der Waals surface area contributed by atoms with Crippen LogP contribution in [0.4, 0.5) is 4.39 Å². The number of hydrogen-bond acceptors (Lipinski definition) is 1. The summed E-state index contributed by atoms with van der Waals surface area (Å²) >= 11 is 3.42. The Labute approximate surface area is 103 Å². The summed E-state index contributed by atoms with van der Waals surface area (Å²) in [6.45, 7) is 1.53. The summed E-state index contributed by atoms with van der Waals surface area (Å²) in [5.74, 6) is 0.0996. The lowest BCUT2D eigenvalue weighted by Gasteiger charge is -2.16. The third kappa shape index (κ3) is 2.43. The average Bonchev–Trinajstić information content (AvgIpc) is 2.76. The third-order valence-electron chi connectivity index (χ3n) is 2.86. The highest BCUT2D eigenvalue weighted by Gasteiger charge is 2.26. The topological polar surface area (TPSA) is 20.3 Å². The Kier molecular flexibility index (Phi) is 3.59. The van der Waals surface area contributed by atoms with Crippen LogP contribution in [0.2, 0.25) is 0 Å². The van der Waals surface area contributed by atoms with E-state index < -0.39 is 0 Å². The van der Waals surface area contributed by atoms with Gasteiger partial charge in [0, 0.05) is 24.0 Å². The molecule has 1 aliphatic rings. The lowest BCUT2D eigenvalue weighted by Crippen LogP contribution is -2.28. The summed E-state index contributed by atoms with van der Waals surface area (Å²) in [5.41, 5.74) is 0.440. The van der Waals surface area contributed by atoms with Gasteiger partial charge in [-0.1, -0.05) is 22.0 Å². The smallest absolute Gasteiger partial charge is 0.253 e. The molecule has 0 N–H and O–H groups in total. The summed E-state index contributed by atoms with van der Waals surface area (Å²) in [6, 6.07) is 5.87. The zero-order valence-corrected chi connectivity index (χ0v) is 10.4. The lowest BCUT2D eigenvalue weighted by molar-refractivity contribution is 0.0788. The lowest BCUT2D eigenvalue weighted by atomic mass is 10.2. The molecule has 1 aliphatic heterocycles. The molecule has 0 spiro atoms. The minimum Gasteiger partial charge on any atom is -0.338 e. The van der Waals surface area contributed by atoms with E-state index >= 15 is 0 Å². The normalized spacial score (nSPS) is 20.1. The first-order valence-electron chi connectivity index (χ1n) is 5.31. The highest BCUT2D eigenvalue weighted by Crippen LogP contribution is 2.20. The number of alkyl halides is 1. The Morgan fingerprint density at radius 3 is 3.00 bits per heavy atom. The summed E-state index contributed by atoms with van der Waals surface area (Å²) in [5, 5.41) is 0.917. The molecule has 16 heavy (non-hydrogen) atoms. The van der Waals surface area contributed by atoms with Crippen LogP contribution in [0.3, 0.4) is 0 Å². The molecule has 1 saturated heterocycles. The van der Waals surface area contributed by atoms with Crippen molar-refractivity contribution in [2.75, 3.05) is 18.4 Å². The monoisotopic (exact) mass is 285 g/mol. The zero-order valence-electron chi connectivity index (χ0n) is 8.83. The van der Waals surface area contributed by atoms with Crippen molar-refractivity contribution in [3.8, 4) is 0 Å². The van der Waals surface area contributed by atoms with Crippen LogP contribution in [0.5, 0.6) is 0 Å². The van der Waals surface area contributed by atoms with Crippen molar-refractivity contribution in [1.82, 2.24) is 4.90 Å². The maximum Gasteiger partial charge on any atom is 0.253 e. The first-order valence-corrected chi connectivity index (χ1v) is 6.43. The number of carbonyl (C=O) groups is 1. The van der Waals surface area contributed by atoms with E-state index in [1.807, 2.05) is 0 Å². The number of benzene rings is 1. The first-order chi connectivity index (χ1) is 7.70. The van der Waals surface area contributed by atoms with Gasteiger partial charge in [-0.2, -0.15) is 0 Å². The molecule has 1 unspecified atom stereocenters. The predicted molar refractivity (Wildman–Crippen MR) is 64.2 cm³/mol. The molecule has 1 heterocycles. The van der Waals surface area contributed by atoms with Gasteiger partial charge in [0.15, 0.2) is 0 Å². The largest absolute Gasteiger partial charge is 0.338 e. The fraction of sp³-hybridized carbons (Fsp3) is 0.417. The van der Waals surface area contributed by atoms with E-state index in [0.29, 0.717) is 11.5 Å². The van der Waals surface area contributed by atoms with Gasteiger partial charge < -0.3 is 4.90 Å². The van der Waals surface area contributed by atoms with Crippen LogP contribution in [0.25, 0.3) is 0 Å². The van der Waals surface area contributed by atoms with Gasteiger partial charge in [0.25, 0.3) is 5.91 Å². The molecule has 0 saturated carbocycles. The van der Waals surface area contributed by atoms with E-state index in [1.165, 1.54) is 12.1 Å². The number of likely N-dealkylation sites (tertiary alicyclic amines) is 1. The van der Waals surface area contributed by atoms with Gasteiger partial charge in [0.2, 0.25) is 0 Å². The maximum atomic E-state index is 13.0. The zero-order chi connectivity index (χ0) is 11.5. The van der Waals surface area contributed by atoms with Gasteiger partial charge in [0.1, 0.15) is 5.82 Å². The van der Waals surface area contributed by atoms with Crippen LogP contribution < -0.4 is 0 Å². The molecule has 0 aliphatic carbocycles. The van der Waals surface area contributed by atoms with Gasteiger partial charge in [-0.25, -0.2) is 4.39 Å². The predicted octanol–water partition coefficient (Wildman–Crippen LogP) is 2.68. The average molecular weight is 286 g/mol. The van der Waals surface area contributed by atoms with Crippen LogP contribution in [0.15, 0.2) is 24.3 Å². The molecule has 1 amide bonds. The molecule has 4 heteroatoms. The molecule has 1 atom stereocenters. The highest BCUT2D eigenvalue weighted by molar-refractivity contribution is 9.09. The highest BCUT2D eigenvalue weighted by atomic mass is 79.9. The molecule has 1 fully saturated rings. The minimum atomic E-state index is -0.359. The molecular weight excluding hydrogens is 273 g/mol. The van der Waals surface area contributed by atoms with Gasteiger partial charge in [-0.3, -0.25) is 4.79 Å².